The van der Waals surface area contributed by atoms with Gasteiger partial charge < -0.3 is 20.8 Å². The number of nitrogens with zero attached hydrogens (tertiary/aromatic N) is 2. The highest BCUT2D eigenvalue weighted by Gasteiger charge is 2.27. The quantitative estimate of drug-likeness (QED) is 0.422. The fourth-order valence-electron chi connectivity index (χ4n) is 1.39. The lowest BCUT2D eigenvalue weighted by Gasteiger charge is -2.26. The predicted molar refractivity (Wildman–Crippen MR) is 71.3 cm³/mol. The summed E-state index contributed by atoms with van der Waals surface area (Å²) in [5.41, 5.74) is -1.29. The maximum Gasteiger partial charge on any atom is 0.311 e. The van der Waals surface area contributed by atoms with Crippen molar-refractivity contribution in [2.45, 2.75) is 19.4 Å². The Bertz CT molecular complexity index is 448. The molecule has 1 aromatic rings. The Balaban J connectivity index is 3.13. The SMILES string of the molecule is CCNc1ccc([N+](=O)[O-])c(NC(C)(CO)CO)n1. The van der Waals surface area contributed by atoms with Crippen molar-refractivity contribution in [1.29, 1.82) is 0 Å². The number of aliphatic hydroxyl groups is 2. The van der Waals surface area contributed by atoms with Crippen LogP contribution >= 0.6 is 0 Å². The molecular formula is C11H18N4O4. The molecule has 0 aliphatic rings. The van der Waals surface area contributed by atoms with Crippen molar-refractivity contribution in [2.24, 2.45) is 0 Å². The number of aliphatic hydroxyl groups excluding tert-OH is 2. The molecule has 0 unspecified atom stereocenters. The fraction of sp³-hybridized carbons (Fsp3) is 0.545. The molecule has 1 heterocycles. The molecule has 0 amide bonds. The number of nitrogens with one attached hydrogen (secondary N) is 2. The molecule has 0 atom stereocenters. The Morgan fingerprint density at radius 3 is 2.53 bits per heavy atom. The lowest BCUT2D eigenvalue weighted by atomic mass is 10.1. The minimum absolute atomic E-state index is 0.00838. The first-order valence-electron chi connectivity index (χ1n) is 5.85. The van der Waals surface area contributed by atoms with Gasteiger partial charge in [0.2, 0.25) is 5.82 Å². The van der Waals surface area contributed by atoms with Gasteiger partial charge in [-0.25, -0.2) is 4.98 Å². The maximum absolute atomic E-state index is 10.9. The minimum Gasteiger partial charge on any atom is -0.394 e. The van der Waals surface area contributed by atoms with E-state index < -0.39 is 10.5 Å². The van der Waals surface area contributed by atoms with Gasteiger partial charge in [-0.05, 0) is 19.9 Å². The molecule has 0 aliphatic carbocycles. The molecule has 0 saturated carbocycles. The lowest BCUT2D eigenvalue weighted by Crippen LogP contribution is -2.43. The number of aromatic nitrogens is 1. The van der Waals surface area contributed by atoms with Crippen LogP contribution in [-0.2, 0) is 0 Å². The summed E-state index contributed by atoms with van der Waals surface area (Å²) in [4.78, 5) is 14.4. The zero-order valence-corrected chi connectivity index (χ0v) is 10.9. The minimum atomic E-state index is -1.08. The van der Waals surface area contributed by atoms with Gasteiger partial charge in [-0.2, -0.15) is 0 Å². The van der Waals surface area contributed by atoms with E-state index in [1.54, 1.807) is 6.92 Å². The van der Waals surface area contributed by atoms with E-state index in [2.05, 4.69) is 15.6 Å². The molecule has 1 rings (SSSR count). The normalized spacial score (nSPS) is 11.2. The molecule has 0 saturated heterocycles. The van der Waals surface area contributed by atoms with E-state index >= 15 is 0 Å². The van der Waals surface area contributed by atoms with Gasteiger partial charge in [0.15, 0.2) is 0 Å². The lowest BCUT2D eigenvalue weighted by molar-refractivity contribution is -0.384. The van der Waals surface area contributed by atoms with Crippen LogP contribution in [0.4, 0.5) is 17.3 Å². The van der Waals surface area contributed by atoms with Crippen molar-refractivity contribution in [3.05, 3.63) is 22.2 Å². The standard InChI is InChI=1S/C11H18N4O4/c1-3-12-9-5-4-8(15(18)19)10(13-9)14-11(2,6-16)7-17/h4-5,16-17H,3,6-7H2,1-2H3,(H2,12,13,14). The fourth-order valence-corrected chi connectivity index (χ4v) is 1.39. The summed E-state index contributed by atoms with van der Waals surface area (Å²) in [6, 6.07) is 2.82. The van der Waals surface area contributed by atoms with Crippen LogP contribution in [0.1, 0.15) is 13.8 Å². The van der Waals surface area contributed by atoms with E-state index in [0.29, 0.717) is 12.4 Å². The topological polar surface area (TPSA) is 121 Å². The van der Waals surface area contributed by atoms with Crippen molar-refractivity contribution in [2.75, 3.05) is 30.4 Å². The molecule has 0 aliphatic heterocycles. The second-order valence-corrected chi connectivity index (χ2v) is 4.35. The molecule has 19 heavy (non-hydrogen) atoms. The number of anilines is 2. The Morgan fingerprint density at radius 2 is 2.05 bits per heavy atom. The van der Waals surface area contributed by atoms with Gasteiger partial charge in [-0.15, -0.1) is 0 Å². The van der Waals surface area contributed by atoms with Gasteiger partial charge in [-0.3, -0.25) is 10.1 Å². The number of pyridine rings is 1. The first-order chi connectivity index (χ1) is 8.95. The van der Waals surface area contributed by atoms with Gasteiger partial charge in [0.1, 0.15) is 5.82 Å². The molecule has 0 spiro atoms. The smallest absolute Gasteiger partial charge is 0.311 e. The van der Waals surface area contributed by atoms with Crippen LogP contribution in [-0.4, -0.2) is 45.4 Å². The molecule has 106 valence electrons. The molecule has 4 N–H and O–H groups in total. The predicted octanol–water partition coefficient (Wildman–Crippen LogP) is 0.577. The van der Waals surface area contributed by atoms with E-state index in [1.807, 2.05) is 6.92 Å². The molecular weight excluding hydrogens is 252 g/mol. The van der Waals surface area contributed by atoms with E-state index in [-0.39, 0.29) is 24.7 Å². The van der Waals surface area contributed by atoms with Crippen LogP contribution in [0.5, 0.6) is 0 Å². The van der Waals surface area contributed by atoms with Crippen molar-refractivity contribution >= 4 is 17.3 Å². The molecule has 0 radical (unpaired) electrons. The highest BCUT2D eigenvalue weighted by Crippen LogP contribution is 2.26. The molecule has 1 aromatic heterocycles. The summed E-state index contributed by atoms with van der Waals surface area (Å²) >= 11 is 0. The summed E-state index contributed by atoms with van der Waals surface area (Å²) in [5.74, 6) is 0.489. The van der Waals surface area contributed by atoms with Gasteiger partial charge in [0.25, 0.3) is 0 Å². The van der Waals surface area contributed by atoms with Gasteiger partial charge in [-0.1, -0.05) is 0 Å². The zero-order valence-electron chi connectivity index (χ0n) is 10.9. The maximum atomic E-state index is 10.9. The van der Waals surface area contributed by atoms with Crippen molar-refractivity contribution in [3.63, 3.8) is 0 Å². The Labute approximate surface area is 110 Å². The number of hydrogen-bond donors (Lipinski definition) is 4. The van der Waals surface area contributed by atoms with Crippen molar-refractivity contribution < 1.29 is 15.1 Å². The molecule has 8 nitrogen and oxygen atoms in total. The average molecular weight is 270 g/mol. The summed E-state index contributed by atoms with van der Waals surface area (Å²) < 4.78 is 0. The third-order valence-electron chi connectivity index (χ3n) is 2.55. The van der Waals surface area contributed by atoms with E-state index in [0.717, 1.165) is 0 Å². The summed E-state index contributed by atoms with van der Waals surface area (Å²) in [7, 11) is 0. The number of rotatable bonds is 7. The van der Waals surface area contributed by atoms with E-state index in [4.69, 9.17) is 0 Å². The second-order valence-electron chi connectivity index (χ2n) is 4.35. The van der Waals surface area contributed by atoms with Crippen molar-refractivity contribution in [1.82, 2.24) is 4.98 Å². The molecule has 0 bridgehead atoms. The largest absolute Gasteiger partial charge is 0.394 e. The van der Waals surface area contributed by atoms with Crippen LogP contribution in [0, 0.1) is 10.1 Å². The average Bonchev–Trinajstić information content (AvgIpc) is 2.39. The van der Waals surface area contributed by atoms with E-state index in [1.165, 1.54) is 12.1 Å². The molecule has 0 fully saturated rings. The summed E-state index contributed by atoms with van der Waals surface area (Å²) in [5, 5.41) is 35.0. The van der Waals surface area contributed by atoms with Crippen molar-refractivity contribution in [3.8, 4) is 0 Å². The van der Waals surface area contributed by atoms with Crippen LogP contribution < -0.4 is 10.6 Å². The Kier molecular flexibility index (Phi) is 5.02. The molecule has 8 heteroatoms. The highest BCUT2D eigenvalue weighted by atomic mass is 16.6. The first kappa shape index (κ1) is 15.1. The van der Waals surface area contributed by atoms with Gasteiger partial charge in [0.05, 0.1) is 23.7 Å². The zero-order chi connectivity index (χ0) is 14.5. The molecule has 0 aromatic carbocycles. The highest BCUT2D eigenvalue weighted by molar-refractivity contribution is 5.61. The second kappa shape index (κ2) is 6.30. The van der Waals surface area contributed by atoms with Gasteiger partial charge in [0, 0.05) is 12.6 Å². The van der Waals surface area contributed by atoms with E-state index in [9.17, 15) is 20.3 Å². The Hall–Kier alpha value is -1.93. The van der Waals surface area contributed by atoms with Crippen LogP contribution in [0.25, 0.3) is 0 Å². The van der Waals surface area contributed by atoms with Gasteiger partial charge >= 0.3 is 5.69 Å². The third kappa shape index (κ3) is 3.76. The van der Waals surface area contributed by atoms with Crippen LogP contribution in [0.2, 0.25) is 0 Å². The third-order valence-corrected chi connectivity index (χ3v) is 2.55. The summed E-state index contributed by atoms with van der Waals surface area (Å²) in [6.45, 7) is 3.28. The monoisotopic (exact) mass is 270 g/mol. The van der Waals surface area contributed by atoms with Crippen LogP contribution in [0.15, 0.2) is 12.1 Å². The Morgan fingerprint density at radius 1 is 1.42 bits per heavy atom. The van der Waals surface area contributed by atoms with Crippen LogP contribution in [0.3, 0.4) is 0 Å². The number of nitro groups is 1. The summed E-state index contributed by atoms with van der Waals surface area (Å²) in [6.07, 6.45) is 0. The first-order valence-corrected chi connectivity index (χ1v) is 5.85. The number of hydrogen-bond acceptors (Lipinski definition) is 7.